The SMILES string of the molecule is CN1CCCC(CN(C)c2ncnc3c2cnn3-c2ccccc2)C1. The summed E-state index contributed by atoms with van der Waals surface area (Å²) in [5.41, 5.74) is 1.86. The van der Waals surface area contributed by atoms with Crippen molar-refractivity contribution < 1.29 is 0 Å². The van der Waals surface area contributed by atoms with E-state index in [1.165, 1.54) is 19.4 Å². The number of para-hydroxylation sites is 1. The number of benzene rings is 1. The van der Waals surface area contributed by atoms with Crippen LogP contribution in [0.15, 0.2) is 42.9 Å². The van der Waals surface area contributed by atoms with Crippen molar-refractivity contribution in [3.8, 4) is 5.69 Å². The summed E-state index contributed by atoms with van der Waals surface area (Å²) in [4.78, 5) is 13.7. The highest BCUT2D eigenvalue weighted by molar-refractivity contribution is 5.87. The molecule has 130 valence electrons. The molecule has 1 aliphatic rings. The van der Waals surface area contributed by atoms with Gasteiger partial charge < -0.3 is 9.80 Å². The summed E-state index contributed by atoms with van der Waals surface area (Å²) in [6.07, 6.45) is 6.08. The predicted molar refractivity (Wildman–Crippen MR) is 100 cm³/mol. The van der Waals surface area contributed by atoms with Crippen LogP contribution in [-0.4, -0.2) is 58.4 Å². The minimum absolute atomic E-state index is 0.679. The molecular weight excluding hydrogens is 312 g/mol. The Morgan fingerprint density at radius 3 is 2.84 bits per heavy atom. The number of rotatable bonds is 4. The Labute approximate surface area is 148 Å². The number of anilines is 1. The van der Waals surface area contributed by atoms with Crippen LogP contribution in [0.5, 0.6) is 0 Å². The molecule has 0 saturated carbocycles. The zero-order valence-corrected chi connectivity index (χ0v) is 14.8. The van der Waals surface area contributed by atoms with E-state index in [1.54, 1.807) is 6.33 Å². The zero-order valence-electron chi connectivity index (χ0n) is 14.8. The van der Waals surface area contributed by atoms with E-state index in [0.717, 1.165) is 35.6 Å². The quantitative estimate of drug-likeness (QED) is 0.733. The molecule has 0 N–H and O–H groups in total. The summed E-state index contributed by atoms with van der Waals surface area (Å²) < 4.78 is 1.88. The molecule has 6 nitrogen and oxygen atoms in total. The van der Waals surface area contributed by atoms with Gasteiger partial charge in [-0.15, -0.1) is 0 Å². The summed E-state index contributed by atoms with van der Waals surface area (Å²) in [5.74, 6) is 1.64. The van der Waals surface area contributed by atoms with Crippen molar-refractivity contribution in [3.05, 3.63) is 42.9 Å². The van der Waals surface area contributed by atoms with Gasteiger partial charge in [-0.05, 0) is 44.5 Å². The Morgan fingerprint density at radius 2 is 2.04 bits per heavy atom. The number of hydrogen-bond acceptors (Lipinski definition) is 5. The molecule has 1 unspecified atom stereocenters. The lowest BCUT2D eigenvalue weighted by atomic mass is 9.98. The molecule has 1 fully saturated rings. The molecule has 0 bridgehead atoms. The average Bonchev–Trinajstić information content (AvgIpc) is 3.06. The molecule has 1 aliphatic heterocycles. The molecule has 0 aliphatic carbocycles. The van der Waals surface area contributed by atoms with Gasteiger partial charge in [-0.2, -0.15) is 5.10 Å². The number of piperidine rings is 1. The van der Waals surface area contributed by atoms with Crippen LogP contribution in [0.2, 0.25) is 0 Å². The summed E-state index contributed by atoms with van der Waals surface area (Å²) in [6, 6.07) is 10.1. The van der Waals surface area contributed by atoms with E-state index >= 15 is 0 Å². The van der Waals surface area contributed by atoms with Crippen LogP contribution >= 0.6 is 0 Å². The maximum atomic E-state index is 4.55. The molecule has 0 amide bonds. The van der Waals surface area contributed by atoms with Crippen LogP contribution < -0.4 is 4.90 Å². The Hall–Kier alpha value is -2.47. The number of aromatic nitrogens is 4. The molecule has 2 aromatic heterocycles. The molecule has 3 aromatic rings. The number of nitrogens with zero attached hydrogens (tertiary/aromatic N) is 6. The van der Waals surface area contributed by atoms with Crippen molar-refractivity contribution in [1.82, 2.24) is 24.6 Å². The molecule has 4 rings (SSSR count). The number of hydrogen-bond donors (Lipinski definition) is 0. The molecule has 6 heteroatoms. The van der Waals surface area contributed by atoms with Gasteiger partial charge in [0.25, 0.3) is 0 Å². The first-order chi connectivity index (χ1) is 12.2. The normalized spacial score (nSPS) is 18.6. The van der Waals surface area contributed by atoms with E-state index in [-0.39, 0.29) is 0 Å². The van der Waals surface area contributed by atoms with Crippen molar-refractivity contribution in [2.75, 3.05) is 38.6 Å². The molecule has 1 saturated heterocycles. The van der Waals surface area contributed by atoms with Crippen molar-refractivity contribution >= 4 is 16.9 Å². The van der Waals surface area contributed by atoms with Crippen LogP contribution in [0, 0.1) is 5.92 Å². The predicted octanol–water partition coefficient (Wildman–Crippen LogP) is 2.59. The van der Waals surface area contributed by atoms with Crippen LogP contribution in [0.4, 0.5) is 5.82 Å². The Balaban J connectivity index is 1.63. The summed E-state index contributed by atoms with van der Waals surface area (Å²) in [6.45, 7) is 3.37. The molecule has 0 spiro atoms. The van der Waals surface area contributed by atoms with Gasteiger partial charge in [0.2, 0.25) is 0 Å². The van der Waals surface area contributed by atoms with Crippen molar-refractivity contribution in [3.63, 3.8) is 0 Å². The molecule has 0 radical (unpaired) electrons. The monoisotopic (exact) mass is 336 g/mol. The van der Waals surface area contributed by atoms with Crippen molar-refractivity contribution in [2.24, 2.45) is 5.92 Å². The molecule has 1 aromatic carbocycles. The summed E-state index contributed by atoms with van der Waals surface area (Å²) >= 11 is 0. The third-order valence-corrected chi connectivity index (χ3v) is 4.96. The minimum atomic E-state index is 0.679. The van der Waals surface area contributed by atoms with E-state index in [0.29, 0.717) is 5.92 Å². The van der Waals surface area contributed by atoms with E-state index in [9.17, 15) is 0 Å². The fourth-order valence-corrected chi connectivity index (χ4v) is 3.79. The van der Waals surface area contributed by atoms with E-state index in [2.05, 4.69) is 39.0 Å². The first kappa shape index (κ1) is 16.0. The third-order valence-electron chi connectivity index (χ3n) is 4.96. The average molecular weight is 336 g/mol. The van der Waals surface area contributed by atoms with Gasteiger partial charge in [0, 0.05) is 20.1 Å². The first-order valence-electron chi connectivity index (χ1n) is 8.86. The number of likely N-dealkylation sites (tertiary alicyclic amines) is 1. The fraction of sp³-hybridized carbons (Fsp3) is 0.421. The van der Waals surface area contributed by atoms with Gasteiger partial charge >= 0.3 is 0 Å². The first-order valence-corrected chi connectivity index (χ1v) is 8.86. The van der Waals surface area contributed by atoms with Gasteiger partial charge in [0.05, 0.1) is 17.3 Å². The standard InChI is InChI=1S/C19H24N6/c1-23-10-6-7-15(12-23)13-24(2)18-17-11-22-25(19(17)21-14-20-18)16-8-4-3-5-9-16/h3-5,8-9,11,14-15H,6-7,10,12-13H2,1-2H3. The Kier molecular flexibility index (Phi) is 4.36. The fourth-order valence-electron chi connectivity index (χ4n) is 3.79. The highest BCUT2D eigenvalue weighted by Gasteiger charge is 2.21. The second kappa shape index (κ2) is 6.80. The highest BCUT2D eigenvalue weighted by atomic mass is 15.3. The van der Waals surface area contributed by atoms with Crippen LogP contribution in [-0.2, 0) is 0 Å². The second-order valence-electron chi connectivity index (χ2n) is 6.98. The molecule has 3 heterocycles. The zero-order chi connectivity index (χ0) is 17.2. The molecule has 25 heavy (non-hydrogen) atoms. The van der Waals surface area contributed by atoms with Gasteiger partial charge in [-0.1, -0.05) is 18.2 Å². The smallest absolute Gasteiger partial charge is 0.168 e. The lowest BCUT2D eigenvalue weighted by molar-refractivity contribution is 0.213. The van der Waals surface area contributed by atoms with Crippen LogP contribution in [0.1, 0.15) is 12.8 Å². The van der Waals surface area contributed by atoms with E-state index < -0.39 is 0 Å². The topological polar surface area (TPSA) is 50.1 Å². The highest BCUT2D eigenvalue weighted by Crippen LogP contribution is 2.25. The number of fused-ring (bicyclic) bond motifs is 1. The summed E-state index contributed by atoms with van der Waals surface area (Å²) in [7, 11) is 4.33. The van der Waals surface area contributed by atoms with Crippen LogP contribution in [0.3, 0.4) is 0 Å². The van der Waals surface area contributed by atoms with E-state index in [4.69, 9.17) is 0 Å². The van der Waals surface area contributed by atoms with Gasteiger partial charge in [0.15, 0.2) is 5.65 Å². The van der Waals surface area contributed by atoms with Gasteiger partial charge in [-0.3, -0.25) is 0 Å². The van der Waals surface area contributed by atoms with Crippen molar-refractivity contribution in [1.29, 1.82) is 0 Å². The minimum Gasteiger partial charge on any atom is -0.359 e. The lowest BCUT2D eigenvalue weighted by Crippen LogP contribution is -2.38. The van der Waals surface area contributed by atoms with E-state index in [1.807, 2.05) is 41.2 Å². The third kappa shape index (κ3) is 3.22. The maximum absolute atomic E-state index is 4.55. The second-order valence-corrected chi connectivity index (χ2v) is 6.98. The molecular formula is C19H24N6. The molecule has 1 atom stereocenters. The Bertz CT molecular complexity index is 844. The Morgan fingerprint density at radius 1 is 1.20 bits per heavy atom. The van der Waals surface area contributed by atoms with Crippen LogP contribution in [0.25, 0.3) is 16.7 Å². The van der Waals surface area contributed by atoms with Crippen molar-refractivity contribution in [2.45, 2.75) is 12.8 Å². The summed E-state index contributed by atoms with van der Waals surface area (Å²) in [5, 5.41) is 5.54. The van der Waals surface area contributed by atoms with Gasteiger partial charge in [-0.25, -0.2) is 14.6 Å². The lowest BCUT2D eigenvalue weighted by Gasteiger charge is -2.32. The maximum Gasteiger partial charge on any atom is 0.168 e. The largest absolute Gasteiger partial charge is 0.359 e. The van der Waals surface area contributed by atoms with Gasteiger partial charge in [0.1, 0.15) is 12.1 Å².